The topological polar surface area (TPSA) is 81.9 Å². The zero-order chi connectivity index (χ0) is 19.2. The van der Waals surface area contributed by atoms with Gasteiger partial charge in [0.05, 0.1) is 6.61 Å². The summed E-state index contributed by atoms with van der Waals surface area (Å²) in [5, 5.41) is 14.3. The molecule has 1 aromatic heterocycles. The fraction of sp³-hybridized carbons (Fsp3) is 0.263. The molecule has 0 fully saturated rings. The largest absolute Gasteiger partial charge is 0.380 e. The molecule has 1 atom stereocenters. The molecule has 1 unspecified atom stereocenters. The average molecular weight is 369 g/mol. The lowest BCUT2D eigenvalue weighted by Gasteiger charge is -2.18. The van der Waals surface area contributed by atoms with Gasteiger partial charge < -0.3 is 10.1 Å². The molecule has 2 aromatic carbocycles. The Kier molecular flexibility index (Phi) is 5.87. The molecule has 140 valence electrons. The molecule has 1 heterocycles. The second-order valence-corrected chi connectivity index (χ2v) is 6.14. The van der Waals surface area contributed by atoms with Crippen molar-refractivity contribution in [2.45, 2.75) is 26.0 Å². The number of methoxy groups -OCH3 is 1. The molecule has 0 aliphatic carbocycles. The molecule has 0 saturated heterocycles. The fourth-order valence-corrected chi connectivity index (χ4v) is 2.79. The molecule has 0 spiro atoms. The Morgan fingerprint density at radius 2 is 2.00 bits per heavy atom. The van der Waals surface area contributed by atoms with Crippen molar-refractivity contribution in [3.8, 4) is 0 Å². The van der Waals surface area contributed by atoms with Crippen LogP contribution in [0.5, 0.6) is 0 Å². The highest BCUT2D eigenvalue weighted by molar-refractivity contribution is 5.94. The minimum Gasteiger partial charge on any atom is -0.380 e. The van der Waals surface area contributed by atoms with Gasteiger partial charge in [-0.1, -0.05) is 24.3 Å². The number of ether oxygens (including phenoxy) is 1. The zero-order valence-corrected chi connectivity index (χ0v) is 15.1. The molecule has 0 bridgehead atoms. The number of hydrogen-bond acceptors (Lipinski definition) is 5. The van der Waals surface area contributed by atoms with Crippen molar-refractivity contribution < 1.29 is 13.9 Å². The molecule has 3 rings (SSSR count). The van der Waals surface area contributed by atoms with Gasteiger partial charge >= 0.3 is 0 Å². The summed E-state index contributed by atoms with van der Waals surface area (Å²) in [6, 6.07) is 12.8. The maximum absolute atomic E-state index is 13.2. The minimum absolute atomic E-state index is 0.260. The highest BCUT2D eigenvalue weighted by Gasteiger charge is 2.24. The van der Waals surface area contributed by atoms with Crippen LogP contribution in [0.1, 0.15) is 23.0 Å². The second-order valence-electron chi connectivity index (χ2n) is 6.14. The smallest absolute Gasteiger partial charge is 0.249 e. The van der Waals surface area contributed by atoms with Crippen LogP contribution in [0.3, 0.4) is 0 Å². The Bertz CT molecular complexity index is 910. The SMILES string of the molecule is COCc1cccc(NC(=O)C(Cc2ccc(F)cc2)n2nnnc2C)c1. The van der Waals surface area contributed by atoms with E-state index in [1.54, 1.807) is 32.2 Å². The van der Waals surface area contributed by atoms with E-state index in [0.717, 1.165) is 11.1 Å². The maximum Gasteiger partial charge on any atom is 0.249 e. The number of aryl methyl sites for hydroxylation is 1. The van der Waals surface area contributed by atoms with E-state index >= 15 is 0 Å². The number of tetrazole rings is 1. The summed E-state index contributed by atoms with van der Waals surface area (Å²) in [7, 11) is 1.62. The Hall–Kier alpha value is -3.13. The minimum atomic E-state index is -0.670. The molecular weight excluding hydrogens is 349 g/mol. The first-order valence-corrected chi connectivity index (χ1v) is 8.44. The molecule has 7 nitrogen and oxygen atoms in total. The second kappa shape index (κ2) is 8.50. The molecule has 3 aromatic rings. The van der Waals surface area contributed by atoms with Gasteiger partial charge in [-0.15, -0.1) is 5.10 Å². The van der Waals surface area contributed by atoms with Crippen LogP contribution in [0.4, 0.5) is 10.1 Å². The number of hydrogen-bond donors (Lipinski definition) is 1. The highest BCUT2D eigenvalue weighted by atomic mass is 19.1. The summed E-state index contributed by atoms with van der Waals surface area (Å²) >= 11 is 0. The number of nitrogens with zero attached hydrogens (tertiary/aromatic N) is 4. The highest BCUT2D eigenvalue weighted by Crippen LogP contribution is 2.19. The average Bonchev–Trinajstić information content (AvgIpc) is 3.07. The Balaban J connectivity index is 1.83. The molecule has 0 saturated carbocycles. The number of carbonyl (C=O) groups excluding carboxylic acids is 1. The van der Waals surface area contributed by atoms with Crippen molar-refractivity contribution in [2.24, 2.45) is 0 Å². The Morgan fingerprint density at radius 1 is 1.22 bits per heavy atom. The normalized spacial score (nSPS) is 12.0. The summed E-state index contributed by atoms with van der Waals surface area (Å²) in [4.78, 5) is 13.0. The lowest BCUT2D eigenvalue weighted by atomic mass is 10.0. The third-order valence-electron chi connectivity index (χ3n) is 4.10. The van der Waals surface area contributed by atoms with Gasteiger partial charge in [0.25, 0.3) is 0 Å². The molecule has 1 amide bonds. The van der Waals surface area contributed by atoms with Crippen LogP contribution in [0.2, 0.25) is 0 Å². The van der Waals surface area contributed by atoms with Gasteiger partial charge in [-0.05, 0) is 52.7 Å². The summed E-state index contributed by atoms with van der Waals surface area (Å²) in [6.07, 6.45) is 0.329. The van der Waals surface area contributed by atoms with Crippen LogP contribution in [0.25, 0.3) is 0 Å². The van der Waals surface area contributed by atoms with E-state index in [2.05, 4.69) is 20.8 Å². The number of nitrogens with one attached hydrogen (secondary N) is 1. The number of benzene rings is 2. The molecule has 27 heavy (non-hydrogen) atoms. The summed E-state index contributed by atoms with van der Waals surface area (Å²) in [5.74, 6) is -0.0667. The van der Waals surface area contributed by atoms with E-state index in [-0.39, 0.29) is 11.7 Å². The standard InChI is InChI=1S/C19H20FN5O2/c1-13-22-23-24-25(13)18(11-14-6-8-16(20)9-7-14)19(26)21-17-5-3-4-15(10-17)12-27-2/h3-10,18H,11-12H2,1-2H3,(H,21,26). The van der Waals surface area contributed by atoms with E-state index < -0.39 is 6.04 Å². The Morgan fingerprint density at radius 3 is 2.67 bits per heavy atom. The van der Waals surface area contributed by atoms with Gasteiger partial charge in [0.15, 0.2) is 0 Å². The van der Waals surface area contributed by atoms with E-state index in [0.29, 0.717) is 24.5 Å². The first-order chi connectivity index (χ1) is 13.1. The quantitative estimate of drug-likeness (QED) is 0.692. The fourth-order valence-electron chi connectivity index (χ4n) is 2.79. The summed E-state index contributed by atoms with van der Waals surface area (Å²) < 4.78 is 19.8. The van der Waals surface area contributed by atoms with Gasteiger partial charge in [0, 0.05) is 19.2 Å². The van der Waals surface area contributed by atoms with E-state index in [1.807, 2.05) is 18.2 Å². The zero-order valence-electron chi connectivity index (χ0n) is 15.1. The predicted octanol–water partition coefficient (Wildman–Crippen LogP) is 2.69. The van der Waals surface area contributed by atoms with Crippen LogP contribution in [-0.4, -0.2) is 33.2 Å². The first kappa shape index (κ1) is 18.7. The number of carbonyl (C=O) groups is 1. The third-order valence-corrected chi connectivity index (χ3v) is 4.10. The lowest BCUT2D eigenvalue weighted by molar-refractivity contribution is -0.119. The van der Waals surface area contributed by atoms with Crippen LogP contribution >= 0.6 is 0 Å². The maximum atomic E-state index is 13.2. The molecule has 8 heteroatoms. The predicted molar refractivity (Wildman–Crippen MR) is 97.5 cm³/mol. The molecule has 1 N–H and O–H groups in total. The molecule has 0 aliphatic heterocycles. The number of amides is 1. The molecular formula is C19H20FN5O2. The Labute approximate surface area is 156 Å². The monoisotopic (exact) mass is 369 g/mol. The van der Waals surface area contributed by atoms with Crippen LogP contribution in [0.15, 0.2) is 48.5 Å². The van der Waals surface area contributed by atoms with Gasteiger partial charge in [-0.25, -0.2) is 9.07 Å². The number of rotatable bonds is 7. The first-order valence-electron chi connectivity index (χ1n) is 8.44. The summed E-state index contributed by atoms with van der Waals surface area (Å²) in [5.41, 5.74) is 2.41. The van der Waals surface area contributed by atoms with Gasteiger partial charge in [-0.3, -0.25) is 4.79 Å². The van der Waals surface area contributed by atoms with E-state index in [1.165, 1.54) is 16.8 Å². The van der Waals surface area contributed by atoms with Gasteiger partial charge in [-0.2, -0.15) is 0 Å². The van der Waals surface area contributed by atoms with Gasteiger partial charge in [0.2, 0.25) is 5.91 Å². The van der Waals surface area contributed by atoms with Crippen molar-refractivity contribution in [2.75, 3.05) is 12.4 Å². The van der Waals surface area contributed by atoms with Crippen molar-refractivity contribution in [1.82, 2.24) is 20.2 Å². The van der Waals surface area contributed by atoms with Crippen LogP contribution in [0, 0.1) is 12.7 Å². The van der Waals surface area contributed by atoms with Crippen LogP contribution < -0.4 is 5.32 Å². The molecule has 0 radical (unpaired) electrons. The van der Waals surface area contributed by atoms with E-state index in [4.69, 9.17) is 4.74 Å². The van der Waals surface area contributed by atoms with Crippen molar-refractivity contribution in [3.63, 3.8) is 0 Å². The number of anilines is 1. The van der Waals surface area contributed by atoms with E-state index in [9.17, 15) is 9.18 Å². The van der Waals surface area contributed by atoms with Crippen LogP contribution in [-0.2, 0) is 22.6 Å². The van der Waals surface area contributed by atoms with Crippen molar-refractivity contribution in [1.29, 1.82) is 0 Å². The third kappa shape index (κ3) is 4.73. The van der Waals surface area contributed by atoms with Crippen molar-refractivity contribution >= 4 is 11.6 Å². The number of halogens is 1. The summed E-state index contributed by atoms with van der Waals surface area (Å²) in [6.45, 7) is 2.18. The van der Waals surface area contributed by atoms with Gasteiger partial charge in [0.1, 0.15) is 17.7 Å². The van der Waals surface area contributed by atoms with Crippen molar-refractivity contribution in [3.05, 3.63) is 71.3 Å². The number of aromatic nitrogens is 4. The lowest BCUT2D eigenvalue weighted by Crippen LogP contribution is -2.29. The molecule has 0 aliphatic rings.